The van der Waals surface area contributed by atoms with Gasteiger partial charge in [0.15, 0.2) is 5.78 Å². The molecule has 1 fully saturated rings. The molecule has 0 aromatic carbocycles. The summed E-state index contributed by atoms with van der Waals surface area (Å²) in [4.78, 5) is 22.1. The minimum absolute atomic E-state index is 0.0518. The van der Waals surface area contributed by atoms with Gasteiger partial charge in [-0.15, -0.1) is 0 Å². The second-order valence-electron chi connectivity index (χ2n) is 4.47. The molecule has 98 valence electrons. The van der Waals surface area contributed by atoms with E-state index in [0.717, 1.165) is 37.0 Å². The maximum atomic E-state index is 11.3. The quantitative estimate of drug-likeness (QED) is 0.476. The van der Waals surface area contributed by atoms with Crippen molar-refractivity contribution in [2.24, 2.45) is 0 Å². The second-order valence-corrected chi connectivity index (χ2v) is 5.49. The Morgan fingerprint density at radius 2 is 2.11 bits per heavy atom. The molecular weight excluding hydrogens is 254 g/mol. The van der Waals surface area contributed by atoms with Crippen LogP contribution in [0.3, 0.4) is 0 Å². The van der Waals surface area contributed by atoms with Crippen LogP contribution in [-0.4, -0.2) is 16.8 Å². The van der Waals surface area contributed by atoms with Crippen LogP contribution in [0.25, 0.3) is 0 Å². The van der Waals surface area contributed by atoms with Crippen molar-refractivity contribution in [2.75, 3.05) is 0 Å². The summed E-state index contributed by atoms with van der Waals surface area (Å²) in [5.41, 5.74) is -0.0872. The Labute approximate surface area is 109 Å². The molecule has 0 saturated heterocycles. The largest absolute Gasteiger partial charge is 0.476 e. The van der Waals surface area contributed by atoms with Crippen molar-refractivity contribution in [1.29, 1.82) is 0 Å². The van der Waals surface area contributed by atoms with Crippen LogP contribution in [0.2, 0.25) is 0 Å². The number of nitro groups is 1. The number of hydrogen-bond donors (Lipinski definition) is 0. The molecular formula is C12H15NO4S. The van der Waals surface area contributed by atoms with Gasteiger partial charge in [-0.2, -0.15) is 0 Å². The van der Waals surface area contributed by atoms with Crippen LogP contribution in [0.15, 0.2) is 6.07 Å². The van der Waals surface area contributed by atoms with E-state index in [0.29, 0.717) is 4.88 Å². The van der Waals surface area contributed by atoms with Gasteiger partial charge < -0.3 is 4.74 Å². The SMILES string of the molecule is CC(=O)c1cc([N+](=O)[O-])c(OC2CCCCC2)s1. The summed E-state index contributed by atoms with van der Waals surface area (Å²) >= 11 is 1.08. The Balaban J connectivity index is 2.19. The molecule has 0 N–H and O–H groups in total. The minimum Gasteiger partial charge on any atom is -0.476 e. The first-order chi connectivity index (χ1) is 8.58. The molecule has 1 aromatic rings. The average Bonchev–Trinajstić information content (AvgIpc) is 2.74. The van der Waals surface area contributed by atoms with Gasteiger partial charge in [-0.3, -0.25) is 14.9 Å². The number of rotatable bonds is 4. The van der Waals surface area contributed by atoms with Crippen molar-refractivity contribution >= 4 is 22.8 Å². The molecule has 1 heterocycles. The Bertz CT molecular complexity index is 463. The Morgan fingerprint density at radius 1 is 1.44 bits per heavy atom. The third-order valence-electron chi connectivity index (χ3n) is 3.05. The van der Waals surface area contributed by atoms with Gasteiger partial charge in [0.1, 0.15) is 0 Å². The van der Waals surface area contributed by atoms with Gasteiger partial charge in [0.2, 0.25) is 0 Å². The molecule has 0 amide bonds. The van der Waals surface area contributed by atoms with Crippen LogP contribution in [0, 0.1) is 10.1 Å². The van der Waals surface area contributed by atoms with E-state index in [-0.39, 0.29) is 22.6 Å². The van der Waals surface area contributed by atoms with Crippen molar-refractivity contribution in [3.05, 3.63) is 21.1 Å². The summed E-state index contributed by atoms with van der Waals surface area (Å²) in [5.74, 6) is -0.165. The number of ether oxygens (including phenoxy) is 1. The van der Waals surface area contributed by atoms with Gasteiger partial charge in [0.05, 0.1) is 15.9 Å². The number of thiophene rings is 1. The Kier molecular flexibility index (Phi) is 3.96. The summed E-state index contributed by atoms with van der Waals surface area (Å²) in [5, 5.41) is 11.2. The van der Waals surface area contributed by atoms with Crippen LogP contribution in [0.4, 0.5) is 5.69 Å². The van der Waals surface area contributed by atoms with Gasteiger partial charge >= 0.3 is 5.69 Å². The summed E-state index contributed by atoms with van der Waals surface area (Å²) in [6, 6.07) is 1.31. The highest BCUT2D eigenvalue weighted by Gasteiger charge is 2.25. The van der Waals surface area contributed by atoms with Crippen molar-refractivity contribution in [2.45, 2.75) is 45.1 Å². The lowest BCUT2D eigenvalue weighted by Gasteiger charge is -2.21. The highest BCUT2D eigenvalue weighted by Crippen LogP contribution is 2.39. The first-order valence-electron chi connectivity index (χ1n) is 6.03. The maximum absolute atomic E-state index is 11.3. The zero-order valence-corrected chi connectivity index (χ0v) is 11.0. The third kappa shape index (κ3) is 2.87. The molecule has 5 nitrogen and oxygen atoms in total. The topological polar surface area (TPSA) is 69.4 Å². The predicted octanol–water partition coefficient (Wildman–Crippen LogP) is 3.57. The third-order valence-corrected chi connectivity index (χ3v) is 4.17. The zero-order valence-electron chi connectivity index (χ0n) is 10.2. The molecule has 0 spiro atoms. The molecule has 0 bridgehead atoms. The number of nitrogens with zero attached hydrogens (tertiary/aromatic N) is 1. The fourth-order valence-electron chi connectivity index (χ4n) is 2.08. The van der Waals surface area contributed by atoms with Crippen LogP contribution in [0.5, 0.6) is 5.06 Å². The fourth-order valence-corrected chi connectivity index (χ4v) is 3.02. The van der Waals surface area contributed by atoms with E-state index in [1.54, 1.807) is 0 Å². The van der Waals surface area contributed by atoms with Gasteiger partial charge in [-0.25, -0.2) is 0 Å². The summed E-state index contributed by atoms with van der Waals surface area (Å²) in [6.07, 6.45) is 5.32. The first-order valence-corrected chi connectivity index (χ1v) is 6.85. The highest BCUT2D eigenvalue weighted by atomic mass is 32.1. The number of carbonyl (C=O) groups is 1. The lowest BCUT2D eigenvalue weighted by Crippen LogP contribution is -2.19. The predicted molar refractivity (Wildman–Crippen MR) is 68.5 cm³/mol. The van der Waals surface area contributed by atoms with Gasteiger partial charge in [0, 0.05) is 6.07 Å². The number of Topliss-reactive ketones (excluding diaryl/α,β-unsaturated/α-hetero) is 1. The molecule has 0 radical (unpaired) electrons. The molecule has 0 atom stereocenters. The Hall–Kier alpha value is -1.43. The van der Waals surface area contributed by atoms with Crippen molar-refractivity contribution in [1.82, 2.24) is 0 Å². The minimum atomic E-state index is -0.485. The van der Waals surface area contributed by atoms with Crippen LogP contribution < -0.4 is 4.74 Å². The molecule has 1 saturated carbocycles. The summed E-state index contributed by atoms with van der Waals surface area (Å²) < 4.78 is 5.70. The van der Waals surface area contributed by atoms with Crippen molar-refractivity contribution < 1.29 is 14.5 Å². The smallest absolute Gasteiger partial charge is 0.323 e. The van der Waals surface area contributed by atoms with E-state index in [2.05, 4.69) is 0 Å². The van der Waals surface area contributed by atoms with E-state index in [4.69, 9.17) is 4.74 Å². The standard InChI is InChI=1S/C12H15NO4S/c1-8(14)11-7-10(13(15)16)12(18-11)17-9-5-3-2-4-6-9/h7,9H,2-6H2,1H3. The molecule has 1 aliphatic carbocycles. The monoisotopic (exact) mass is 269 g/mol. The normalized spacial score (nSPS) is 16.5. The summed E-state index contributed by atoms with van der Waals surface area (Å²) in [6.45, 7) is 1.40. The molecule has 1 aromatic heterocycles. The van der Waals surface area contributed by atoms with E-state index < -0.39 is 4.92 Å². The molecule has 1 aliphatic rings. The zero-order chi connectivity index (χ0) is 13.1. The Morgan fingerprint density at radius 3 is 2.67 bits per heavy atom. The lowest BCUT2D eigenvalue weighted by atomic mass is 9.98. The van der Waals surface area contributed by atoms with E-state index in [1.165, 1.54) is 19.4 Å². The maximum Gasteiger partial charge on any atom is 0.323 e. The molecule has 0 aliphatic heterocycles. The van der Waals surface area contributed by atoms with Gasteiger partial charge in [0.25, 0.3) is 5.06 Å². The number of hydrogen-bond acceptors (Lipinski definition) is 5. The van der Waals surface area contributed by atoms with Gasteiger partial charge in [-0.05, 0) is 32.6 Å². The molecule has 0 unspecified atom stereocenters. The molecule has 2 rings (SSSR count). The first kappa shape index (κ1) is 13.0. The van der Waals surface area contributed by atoms with Gasteiger partial charge in [-0.1, -0.05) is 17.8 Å². The van der Waals surface area contributed by atoms with Crippen LogP contribution >= 0.6 is 11.3 Å². The highest BCUT2D eigenvalue weighted by molar-refractivity contribution is 7.16. The summed E-state index contributed by atoms with van der Waals surface area (Å²) in [7, 11) is 0. The number of ketones is 1. The van der Waals surface area contributed by atoms with E-state index in [1.807, 2.05) is 0 Å². The van der Waals surface area contributed by atoms with E-state index in [9.17, 15) is 14.9 Å². The second kappa shape index (κ2) is 5.48. The van der Waals surface area contributed by atoms with Crippen molar-refractivity contribution in [3.8, 4) is 5.06 Å². The molecule has 18 heavy (non-hydrogen) atoms. The number of carbonyl (C=O) groups excluding carboxylic acids is 1. The lowest BCUT2D eigenvalue weighted by molar-refractivity contribution is -0.385. The fraction of sp³-hybridized carbons (Fsp3) is 0.583. The average molecular weight is 269 g/mol. The van der Waals surface area contributed by atoms with E-state index >= 15 is 0 Å². The van der Waals surface area contributed by atoms with Crippen LogP contribution in [-0.2, 0) is 0 Å². The van der Waals surface area contributed by atoms with Crippen LogP contribution in [0.1, 0.15) is 48.7 Å². The molecule has 6 heteroatoms. The van der Waals surface area contributed by atoms with Crippen molar-refractivity contribution in [3.63, 3.8) is 0 Å².